The van der Waals surface area contributed by atoms with Gasteiger partial charge in [-0.15, -0.1) is 0 Å². The van der Waals surface area contributed by atoms with Crippen molar-refractivity contribution in [3.8, 4) is 5.75 Å². The van der Waals surface area contributed by atoms with Crippen molar-refractivity contribution in [2.24, 2.45) is 16.0 Å². The lowest BCUT2D eigenvalue weighted by molar-refractivity contribution is 0.316. The second-order valence-electron chi connectivity index (χ2n) is 5.02. The maximum absolute atomic E-state index is 9.39. The molecular weight excluding hydrogens is 280 g/mol. The molecule has 0 aromatic heterocycles. The minimum Gasteiger partial charge on any atom is -0.508 e. The van der Waals surface area contributed by atoms with Gasteiger partial charge in [0.05, 0.1) is 11.4 Å². The van der Waals surface area contributed by atoms with E-state index >= 15 is 0 Å². The molecule has 6 heteroatoms. The fourth-order valence-corrected chi connectivity index (χ4v) is 2.45. The Kier molecular flexibility index (Phi) is 3.65. The van der Waals surface area contributed by atoms with Crippen LogP contribution >= 0.6 is 0 Å². The first-order chi connectivity index (χ1) is 10.7. The predicted octanol–water partition coefficient (Wildman–Crippen LogP) is 2.12. The third-order valence-corrected chi connectivity index (χ3v) is 3.59. The van der Waals surface area contributed by atoms with E-state index < -0.39 is 0 Å². The van der Waals surface area contributed by atoms with E-state index in [1.807, 2.05) is 30.3 Å². The third-order valence-electron chi connectivity index (χ3n) is 3.59. The molecule has 0 amide bonds. The number of oxime groups is 1. The SMILES string of the molecule is N/C(=N\O)C1CC(c2ccc(O)cc2)=NN1c1ccccc1. The molecule has 0 saturated carbocycles. The number of nitrogens with two attached hydrogens (primary N) is 1. The zero-order valence-electron chi connectivity index (χ0n) is 11.8. The molecule has 1 aliphatic heterocycles. The Morgan fingerprint density at radius 3 is 2.45 bits per heavy atom. The molecule has 0 radical (unpaired) electrons. The van der Waals surface area contributed by atoms with Gasteiger partial charge in [-0.25, -0.2) is 0 Å². The van der Waals surface area contributed by atoms with E-state index in [4.69, 9.17) is 10.9 Å². The van der Waals surface area contributed by atoms with Crippen molar-refractivity contribution in [3.63, 3.8) is 0 Å². The van der Waals surface area contributed by atoms with Crippen LogP contribution in [0, 0.1) is 0 Å². The van der Waals surface area contributed by atoms with Crippen LogP contribution in [0.1, 0.15) is 12.0 Å². The van der Waals surface area contributed by atoms with Gasteiger partial charge in [-0.05, 0) is 42.0 Å². The van der Waals surface area contributed by atoms with E-state index in [-0.39, 0.29) is 17.6 Å². The fourth-order valence-electron chi connectivity index (χ4n) is 2.45. The Morgan fingerprint density at radius 1 is 1.14 bits per heavy atom. The molecule has 0 fully saturated rings. The van der Waals surface area contributed by atoms with Gasteiger partial charge in [-0.3, -0.25) is 5.01 Å². The van der Waals surface area contributed by atoms with Crippen LogP contribution in [0.3, 0.4) is 0 Å². The molecule has 6 nitrogen and oxygen atoms in total. The van der Waals surface area contributed by atoms with Crippen LogP contribution in [0.5, 0.6) is 5.75 Å². The minimum atomic E-state index is -0.337. The van der Waals surface area contributed by atoms with E-state index in [1.165, 1.54) is 0 Å². The maximum Gasteiger partial charge on any atom is 0.164 e. The molecule has 1 atom stereocenters. The lowest BCUT2D eigenvalue weighted by Crippen LogP contribution is -2.39. The summed E-state index contributed by atoms with van der Waals surface area (Å²) < 4.78 is 0. The average molecular weight is 296 g/mol. The quantitative estimate of drug-likeness (QED) is 0.350. The summed E-state index contributed by atoms with van der Waals surface area (Å²) >= 11 is 0. The summed E-state index contributed by atoms with van der Waals surface area (Å²) in [7, 11) is 0. The van der Waals surface area contributed by atoms with E-state index in [9.17, 15) is 5.11 Å². The van der Waals surface area contributed by atoms with Crippen LogP contribution in [0.2, 0.25) is 0 Å². The highest BCUT2D eigenvalue weighted by molar-refractivity contribution is 6.07. The zero-order chi connectivity index (χ0) is 15.5. The molecule has 112 valence electrons. The van der Waals surface area contributed by atoms with Gasteiger partial charge in [0, 0.05) is 6.42 Å². The van der Waals surface area contributed by atoms with E-state index in [1.54, 1.807) is 29.3 Å². The van der Waals surface area contributed by atoms with Gasteiger partial charge in [0.1, 0.15) is 11.8 Å². The highest BCUT2D eigenvalue weighted by atomic mass is 16.4. The van der Waals surface area contributed by atoms with Crippen molar-refractivity contribution in [1.29, 1.82) is 0 Å². The Bertz CT molecular complexity index is 711. The van der Waals surface area contributed by atoms with E-state index in [0.29, 0.717) is 6.42 Å². The summed E-state index contributed by atoms with van der Waals surface area (Å²) in [6.45, 7) is 0. The normalized spacial score (nSPS) is 18.4. The number of hydrogen-bond donors (Lipinski definition) is 3. The number of phenols is 1. The second kappa shape index (κ2) is 5.77. The predicted molar refractivity (Wildman–Crippen MR) is 85.4 cm³/mol. The highest BCUT2D eigenvalue weighted by Crippen LogP contribution is 2.27. The number of amidine groups is 1. The summed E-state index contributed by atoms with van der Waals surface area (Å²) in [5.74, 6) is 0.316. The Morgan fingerprint density at radius 2 is 1.82 bits per heavy atom. The highest BCUT2D eigenvalue weighted by Gasteiger charge is 2.31. The molecule has 2 aromatic rings. The first-order valence-electron chi connectivity index (χ1n) is 6.87. The molecule has 1 aliphatic rings. The number of phenolic OH excluding ortho intramolecular Hbond substituents is 1. The number of anilines is 1. The van der Waals surface area contributed by atoms with Crippen molar-refractivity contribution < 1.29 is 10.3 Å². The molecule has 1 heterocycles. The maximum atomic E-state index is 9.39. The molecule has 1 unspecified atom stereocenters. The summed E-state index contributed by atoms with van der Waals surface area (Å²) in [5, 5.41) is 27.9. The largest absolute Gasteiger partial charge is 0.508 e. The van der Waals surface area contributed by atoms with Crippen LogP contribution in [0.15, 0.2) is 64.9 Å². The molecule has 0 bridgehead atoms. The van der Waals surface area contributed by atoms with Crippen LogP contribution < -0.4 is 10.7 Å². The van der Waals surface area contributed by atoms with Gasteiger partial charge in [0.2, 0.25) is 0 Å². The summed E-state index contributed by atoms with van der Waals surface area (Å²) in [6, 6.07) is 16.1. The number of aromatic hydroxyl groups is 1. The number of rotatable bonds is 3. The smallest absolute Gasteiger partial charge is 0.164 e. The third kappa shape index (κ3) is 2.58. The first-order valence-corrected chi connectivity index (χ1v) is 6.87. The lowest BCUT2D eigenvalue weighted by atomic mass is 10.0. The molecule has 0 aliphatic carbocycles. The fraction of sp³-hybridized carbons (Fsp3) is 0.125. The van der Waals surface area contributed by atoms with Crippen molar-refractivity contribution in [3.05, 3.63) is 60.2 Å². The Labute approximate surface area is 127 Å². The molecule has 3 rings (SSSR count). The van der Waals surface area contributed by atoms with Gasteiger partial charge < -0.3 is 16.0 Å². The van der Waals surface area contributed by atoms with Crippen LogP contribution in [-0.4, -0.2) is 27.9 Å². The van der Waals surface area contributed by atoms with Gasteiger partial charge in [-0.1, -0.05) is 23.4 Å². The van der Waals surface area contributed by atoms with Crippen molar-refractivity contribution in [2.75, 3.05) is 5.01 Å². The molecule has 4 N–H and O–H groups in total. The van der Waals surface area contributed by atoms with E-state index in [0.717, 1.165) is 17.0 Å². The minimum absolute atomic E-state index is 0.112. The standard InChI is InChI=1S/C16H16N4O2/c17-16(19-22)15-10-14(11-6-8-13(21)9-7-11)18-20(15)12-4-2-1-3-5-12/h1-9,15,21-22H,10H2,(H2,17,19). The Hall–Kier alpha value is -3.02. The number of hydrogen-bond acceptors (Lipinski definition) is 5. The van der Waals surface area contributed by atoms with Crippen LogP contribution in [0.25, 0.3) is 0 Å². The molecule has 0 saturated heterocycles. The van der Waals surface area contributed by atoms with Gasteiger partial charge >= 0.3 is 0 Å². The van der Waals surface area contributed by atoms with Gasteiger partial charge in [-0.2, -0.15) is 5.10 Å². The van der Waals surface area contributed by atoms with Crippen molar-refractivity contribution in [2.45, 2.75) is 12.5 Å². The lowest BCUT2D eigenvalue weighted by Gasteiger charge is -2.22. The molecule has 22 heavy (non-hydrogen) atoms. The summed E-state index contributed by atoms with van der Waals surface area (Å²) in [6.07, 6.45) is 0.523. The number of nitrogens with zero attached hydrogens (tertiary/aromatic N) is 3. The van der Waals surface area contributed by atoms with E-state index in [2.05, 4.69) is 10.3 Å². The molecule has 2 aromatic carbocycles. The monoisotopic (exact) mass is 296 g/mol. The number of benzene rings is 2. The topological polar surface area (TPSA) is 94.4 Å². The molecular formula is C16H16N4O2. The van der Waals surface area contributed by atoms with Gasteiger partial charge in [0.25, 0.3) is 0 Å². The average Bonchev–Trinajstić information content (AvgIpc) is 3.01. The Balaban J connectivity index is 1.98. The van der Waals surface area contributed by atoms with Gasteiger partial charge in [0.15, 0.2) is 5.84 Å². The molecule has 0 spiro atoms. The summed E-state index contributed by atoms with van der Waals surface area (Å²) in [4.78, 5) is 0. The van der Waals surface area contributed by atoms with Crippen molar-refractivity contribution in [1.82, 2.24) is 0 Å². The summed E-state index contributed by atoms with van der Waals surface area (Å²) in [5.41, 5.74) is 8.40. The number of para-hydroxylation sites is 1. The van der Waals surface area contributed by atoms with Crippen molar-refractivity contribution >= 4 is 17.2 Å². The zero-order valence-corrected chi connectivity index (χ0v) is 11.8. The first kappa shape index (κ1) is 13.9. The van der Waals surface area contributed by atoms with Crippen LogP contribution in [0.4, 0.5) is 5.69 Å². The number of hydrazone groups is 1. The second-order valence-corrected chi connectivity index (χ2v) is 5.02. The van der Waals surface area contributed by atoms with Crippen LogP contribution in [-0.2, 0) is 0 Å².